The van der Waals surface area contributed by atoms with E-state index in [2.05, 4.69) is 10.2 Å². The Hall–Kier alpha value is -1.75. The Bertz CT molecular complexity index is 623. The minimum Gasteiger partial charge on any atom is -0.497 e. The van der Waals surface area contributed by atoms with Crippen LogP contribution < -0.4 is 9.47 Å². The van der Waals surface area contributed by atoms with Gasteiger partial charge in [-0.2, -0.15) is 0 Å². The summed E-state index contributed by atoms with van der Waals surface area (Å²) in [6, 6.07) is 5.75. The summed E-state index contributed by atoms with van der Waals surface area (Å²) in [4.78, 5) is 0. The van der Waals surface area contributed by atoms with E-state index in [0.717, 1.165) is 35.7 Å². The highest BCUT2D eigenvalue weighted by molar-refractivity contribution is 6.28. The highest BCUT2D eigenvalue weighted by atomic mass is 35.5. The average molecular weight is 294 g/mol. The van der Waals surface area contributed by atoms with E-state index in [0.29, 0.717) is 17.7 Å². The van der Waals surface area contributed by atoms with Crippen LogP contribution in [0.25, 0.3) is 0 Å². The van der Waals surface area contributed by atoms with Gasteiger partial charge in [0.15, 0.2) is 0 Å². The Morgan fingerprint density at radius 1 is 1.25 bits per heavy atom. The first-order valence-corrected chi connectivity index (χ1v) is 6.90. The monoisotopic (exact) mass is 293 g/mol. The molecule has 0 amide bonds. The van der Waals surface area contributed by atoms with Gasteiger partial charge >= 0.3 is 0 Å². The zero-order chi connectivity index (χ0) is 14.1. The van der Waals surface area contributed by atoms with Crippen molar-refractivity contribution in [2.45, 2.75) is 25.3 Å². The Labute approximate surface area is 122 Å². The predicted octanol–water partition coefficient (Wildman–Crippen LogP) is 2.87. The van der Waals surface area contributed by atoms with Crippen molar-refractivity contribution in [3.63, 3.8) is 0 Å². The quantitative estimate of drug-likeness (QED) is 0.850. The summed E-state index contributed by atoms with van der Waals surface area (Å²) >= 11 is 6.14. The van der Waals surface area contributed by atoms with Gasteiger partial charge in [-0.3, -0.25) is 4.57 Å². The maximum absolute atomic E-state index is 6.14. The second-order valence-corrected chi connectivity index (χ2v) is 5.20. The third-order valence-corrected chi connectivity index (χ3v) is 3.78. The van der Waals surface area contributed by atoms with Gasteiger partial charge in [0.25, 0.3) is 0 Å². The molecule has 1 aliphatic carbocycles. The fourth-order valence-corrected chi connectivity index (χ4v) is 2.42. The number of hydrogen-bond donors (Lipinski definition) is 0. The summed E-state index contributed by atoms with van der Waals surface area (Å²) in [5, 5.41) is 8.58. The SMILES string of the molecule is COc1ccc(Cn2c(Cl)nnc2C2CC2)c(OC)c1. The van der Waals surface area contributed by atoms with Crippen LogP contribution >= 0.6 is 11.6 Å². The highest BCUT2D eigenvalue weighted by Crippen LogP contribution is 2.40. The van der Waals surface area contributed by atoms with E-state index in [1.54, 1.807) is 14.2 Å². The van der Waals surface area contributed by atoms with Crippen molar-refractivity contribution in [3.8, 4) is 11.5 Å². The van der Waals surface area contributed by atoms with Crippen LogP contribution in [0.1, 0.15) is 30.1 Å². The summed E-state index contributed by atoms with van der Waals surface area (Å²) in [6.45, 7) is 0.602. The normalized spacial score (nSPS) is 14.3. The molecule has 1 aliphatic rings. The standard InChI is InChI=1S/C14H16ClN3O2/c1-19-11-6-5-10(12(7-11)20-2)8-18-13(9-3-4-9)16-17-14(18)15/h5-7,9H,3-4,8H2,1-2H3. The molecule has 1 saturated carbocycles. The molecule has 106 valence electrons. The maximum Gasteiger partial charge on any atom is 0.225 e. The molecule has 1 fully saturated rings. The van der Waals surface area contributed by atoms with Crippen LogP contribution in [0.3, 0.4) is 0 Å². The van der Waals surface area contributed by atoms with Gasteiger partial charge < -0.3 is 9.47 Å². The number of halogens is 1. The van der Waals surface area contributed by atoms with Gasteiger partial charge in [0.2, 0.25) is 5.28 Å². The number of aromatic nitrogens is 3. The molecule has 5 nitrogen and oxygen atoms in total. The molecule has 2 aromatic rings. The summed E-state index contributed by atoms with van der Waals surface area (Å²) in [5.41, 5.74) is 1.02. The molecule has 0 atom stereocenters. The molecule has 1 aromatic heterocycles. The zero-order valence-corrected chi connectivity index (χ0v) is 12.2. The van der Waals surface area contributed by atoms with Gasteiger partial charge in [-0.25, -0.2) is 0 Å². The summed E-state index contributed by atoms with van der Waals surface area (Å²) in [6.07, 6.45) is 2.32. The molecule has 3 rings (SSSR count). The van der Waals surface area contributed by atoms with E-state index in [1.807, 2.05) is 22.8 Å². The molecule has 0 spiro atoms. The van der Waals surface area contributed by atoms with Crippen LogP contribution in [0.2, 0.25) is 5.28 Å². The van der Waals surface area contributed by atoms with Gasteiger partial charge in [0.1, 0.15) is 17.3 Å². The van der Waals surface area contributed by atoms with Crippen molar-refractivity contribution in [2.24, 2.45) is 0 Å². The number of methoxy groups -OCH3 is 2. The lowest BCUT2D eigenvalue weighted by atomic mass is 10.2. The average Bonchev–Trinajstić information content (AvgIpc) is 3.25. The summed E-state index contributed by atoms with van der Waals surface area (Å²) in [7, 11) is 3.28. The zero-order valence-electron chi connectivity index (χ0n) is 11.5. The lowest BCUT2D eigenvalue weighted by Crippen LogP contribution is -2.06. The van der Waals surface area contributed by atoms with E-state index in [4.69, 9.17) is 21.1 Å². The van der Waals surface area contributed by atoms with Gasteiger partial charge in [-0.1, -0.05) is 0 Å². The first kappa shape index (κ1) is 13.2. The van der Waals surface area contributed by atoms with E-state index < -0.39 is 0 Å². The van der Waals surface area contributed by atoms with Gasteiger partial charge in [-0.05, 0) is 36.6 Å². The van der Waals surface area contributed by atoms with Gasteiger partial charge in [-0.15, -0.1) is 10.2 Å². The van der Waals surface area contributed by atoms with E-state index in [-0.39, 0.29) is 0 Å². The Morgan fingerprint density at radius 3 is 2.70 bits per heavy atom. The molecule has 0 aliphatic heterocycles. The summed E-state index contributed by atoms with van der Waals surface area (Å²) in [5.74, 6) is 3.01. The minimum atomic E-state index is 0.421. The molecule has 6 heteroatoms. The second kappa shape index (κ2) is 5.32. The predicted molar refractivity (Wildman–Crippen MR) is 75.7 cm³/mol. The Kier molecular flexibility index (Phi) is 3.53. The largest absolute Gasteiger partial charge is 0.497 e. The number of nitrogens with zero attached hydrogens (tertiary/aromatic N) is 3. The molecule has 0 saturated heterocycles. The van der Waals surface area contributed by atoms with Crippen LogP contribution in [0.4, 0.5) is 0 Å². The fourth-order valence-electron chi connectivity index (χ4n) is 2.24. The van der Waals surface area contributed by atoms with Crippen molar-refractivity contribution in [1.82, 2.24) is 14.8 Å². The molecule has 1 heterocycles. The maximum atomic E-state index is 6.14. The Balaban J connectivity index is 1.93. The highest BCUT2D eigenvalue weighted by Gasteiger charge is 2.30. The van der Waals surface area contributed by atoms with E-state index in [1.165, 1.54) is 0 Å². The first-order valence-electron chi connectivity index (χ1n) is 6.52. The fraction of sp³-hybridized carbons (Fsp3) is 0.429. The number of benzene rings is 1. The molecule has 0 unspecified atom stereocenters. The van der Waals surface area contributed by atoms with Crippen molar-refractivity contribution >= 4 is 11.6 Å². The smallest absolute Gasteiger partial charge is 0.225 e. The van der Waals surface area contributed by atoms with Crippen LogP contribution in [0, 0.1) is 0 Å². The lowest BCUT2D eigenvalue weighted by Gasteiger charge is -2.12. The van der Waals surface area contributed by atoms with Gasteiger partial charge in [0, 0.05) is 17.5 Å². The second-order valence-electron chi connectivity index (χ2n) is 4.87. The van der Waals surface area contributed by atoms with Gasteiger partial charge in [0.05, 0.1) is 20.8 Å². The molecular formula is C14H16ClN3O2. The first-order chi connectivity index (χ1) is 9.72. The topological polar surface area (TPSA) is 49.2 Å². The van der Waals surface area contributed by atoms with Crippen molar-refractivity contribution in [3.05, 3.63) is 34.9 Å². The molecule has 0 bridgehead atoms. The summed E-state index contributed by atoms with van der Waals surface area (Å²) < 4.78 is 12.6. The molecule has 0 radical (unpaired) electrons. The van der Waals surface area contributed by atoms with Crippen molar-refractivity contribution in [2.75, 3.05) is 14.2 Å². The van der Waals surface area contributed by atoms with Crippen LogP contribution in [0.15, 0.2) is 18.2 Å². The van der Waals surface area contributed by atoms with Crippen LogP contribution in [-0.2, 0) is 6.54 Å². The van der Waals surface area contributed by atoms with Crippen molar-refractivity contribution in [1.29, 1.82) is 0 Å². The van der Waals surface area contributed by atoms with Crippen molar-refractivity contribution < 1.29 is 9.47 Å². The number of hydrogen-bond acceptors (Lipinski definition) is 4. The lowest BCUT2D eigenvalue weighted by molar-refractivity contribution is 0.390. The number of rotatable bonds is 5. The van der Waals surface area contributed by atoms with Crippen LogP contribution in [0.5, 0.6) is 11.5 Å². The third kappa shape index (κ3) is 2.45. The van der Waals surface area contributed by atoms with E-state index in [9.17, 15) is 0 Å². The molecule has 20 heavy (non-hydrogen) atoms. The molecule has 1 aromatic carbocycles. The Morgan fingerprint density at radius 2 is 2.05 bits per heavy atom. The minimum absolute atomic E-state index is 0.421. The third-order valence-electron chi connectivity index (χ3n) is 3.50. The van der Waals surface area contributed by atoms with Crippen LogP contribution in [-0.4, -0.2) is 29.0 Å². The molecule has 0 N–H and O–H groups in total. The number of ether oxygens (including phenoxy) is 2. The van der Waals surface area contributed by atoms with E-state index >= 15 is 0 Å². The molecular weight excluding hydrogens is 278 g/mol.